The summed E-state index contributed by atoms with van der Waals surface area (Å²) >= 11 is 0. The summed E-state index contributed by atoms with van der Waals surface area (Å²) in [5, 5.41) is 0. The maximum absolute atomic E-state index is 12.9. The Hall–Kier alpha value is -2.42. The fourth-order valence-electron chi connectivity index (χ4n) is 2.68. The van der Waals surface area contributed by atoms with Gasteiger partial charge in [-0.05, 0) is 5.56 Å². The molecule has 100 valence electrons. The molecule has 2 aromatic rings. The minimum atomic E-state index is -1.19. The Morgan fingerprint density at radius 3 is 2.10 bits per heavy atom. The molecule has 0 saturated carbocycles. The van der Waals surface area contributed by atoms with Crippen LogP contribution in [0.2, 0.25) is 0 Å². The molecule has 1 fully saturated rings. The molecule has 3 nitrogen and oxygen atoms in total. The van der Waals surface area contributed by atoms with Gasteiger partial charge in [-0.25, -0.2) is 0 Å². The molecule has 0 N–H and O–H groups in total. The number of carbonyl (C=O) groups excluding carboxylic acids is 2. The normalized spacial score (nSPS) is 21.5. The fraction of sp³-hybridized carbons (Fsp3) is 0.176. The van der Waals surface area contributed by atoms with Gasteiger partial charge in [0.1, 0.15) is 0 Å². The number of carbonyl (C=O) groups is 2. The summed E-state index contributed by atoms with van der Waals surface area (Å²) in [5.41, 5.74) is 0.0503. The van der Waals surface area contributed by atoms with Crippen LogP contribution < -0.4 is 0 Å². The van der Waals surface area contributed by atoms with E-state index in [4.69, 9.17) is 4.74 Å². The van der Waals surface area contributed by atoms with E-state index in [9.17, 15) is 9.59 Å². The highest BCUT2D eigenvalue weighted by molar-refractivity contribution is 6.18. The van der Waals surface area contributed by atoms with Gasteiger partial charge in [-0.2, -0.15) is 0 Å². The van der Waals surface area contributed by atoms with Gasteiger partial charge in [0, 0.05) is 12.0 Å². The summed E-state index contributed by atoms with van der Waals surface area (Å²) in [4.78, 5) is 25.1. The van der Waals surface area contributed by atoms with Crippen molar-refractivity contribution in [1.82, 2.24) is 0 Å². The van der Waals surface area contributed by atoms with Crippen molar-refractivity contribution in [1.29, 1.82) is 0 Å². The lowest BCUT2D eigenvalue weighted by Crippen LogP contribution is -2.40. The number of Topliss-reactive ketones (excluding diaryl/α,β-unsaturated/α-hetero) is 1. The Bertz CT molecular complexity index is 634. The highest BCUT2D eigenvalue weighted by atomic mass is 16.5. The van der Waals surface area contributed by atoms with Crippen molar-refractivity contribution in [2.24, 2.45) is 0 Å². The summed E-state index contributed by atoms with van der Waals surface area (Å²) in [5.74, 6) is -0.635. The Balaban J connectivity index is 2.13. The summed E-state index contributed by atoms with van der Waals surface area (Å²) in [6.45, 7) is 0.284. The molecule has 1 aliphatic heterocycles. The predicted octanol–water partition coefficient (Wildman–Crippen LogP) is 2.75. The van der Waals surface area contributed by atoms with Gasteiger partial charge in [0.2, 0.25) is 0 Å². The van der Waals surface area contributed by atoms with Crippen molar-refractivity contribution in [3.63, 3.8) is 0 Å². The fourth-order valence-corrected chi connectivity index (χ4v) is 2.68. The number of cyclic esters (lactones) is 1. The molecule has 1 heterocycles. The van der Waals surface area contributed by atoms with E-state index in [1.54, 1.807) is 24.3 Å². The largest absolute Gasteiger partial charge is 0.465 e. The average molecular weight is 266 g/mol. The number of hydrogen-bond acceptors (Lipinski definition) is 3. The number of esters is 1. The molecule has 20 heavy (non-hydrogen) atoms. The van der Waals surface area contributed by atoms with Crippen LogP contribution in [0.5, 0.6) is 0 Å². The minimum Gasteiger partial charge on any atom is -0.465 e. The van der Waals surface area contributed by atoms with E-state index in [1.807, 2.05) is 36.4 Å². The van der Waals surface area contributed by atoms with Crippen LogP contribution in [-0.2, 0) is 14.9 Å². The van der Waals surface area contributed by atoms with Crippen LogP contribution in [0.3, 0.4) is 0 Å². The first kappa shape index (κ1) is 12.6. The lowest BCUT2D eigenvalue weighted by atomic mass is 9.73. The second-order valence-electron chi connectivity index (χ2n) is 4.85. The maximum Gasteiger partial charge on any atom is 0.324 e. The molecule has 1 aliphatic rings. The number of hydrogen-bond donors (Lipinski definition) is 0. The standard InChI is InChI=1S/C17H14O3/c18-15(13-7-3-1-4-8-13)17(11-12-20-16(17)19)14-9-5-2-6-10-14/h1-10H,11-12H2/t17-/m1/s1. The van der Waals surface area contributed by atoms with E-state index < -0.39 is 11.4 Å². The molecular weight excluding hydrogens is 252 g/mol. The lowest BCUT2D eigenvalue weighted by molar-refractivity contribution is -0.141. The van der Waals surface area contributed by atoms with E-state index >= 15 is 0 Å². The average Bonchev–Trinajstić information content (AvgIpc) is 2.91. The number of rotatable bonds is 3. The van der Waals surface area contributed by atoms with Gasteiger partial charge in [-0.15, -0.1) is 0 Å². The van der Waals surface area contributed by atoms with Gasteiger partial charge in [0.15, 0.2) is 11.2 Å². The van der Waals surface area contributed by atoms with Gasteiger partial charge < -0.3 is 4.74 Å². The third-order valence-electron chi connectivity index (χ3n) is 3.75. The molecule has 0 radical (unpaired) electrons. The molecule has 0 unspecified atom stereocenters. The first-order valence-electron chi connectivity index (χ1n) is 6.58. The topological polar surface area (TPSA) is 43.4 Å². The van der Waals surface area contributed by atoms with E-state index in [1.165, 1.54) is 0 Å². The van der Waals surface area contributed by atoms with Crippen molar-refractivity contribution >= 4 is 11.8 Å². The molecule has 1 atom stereocenters. The first-order valence-corrected chi connectivity index (χ1v) is 6.58. The summed E-state index contributed by atoms with van der Waals surface area (Å²) < 4.78 is 5.11. The monoisotopic (exact) mass is 266 g/mol. The van der Waals surface area contributed by atoms with E-state index in [0.29, 0.717) is 17.5 Å². The molecule has 1 saturated heterocycles. The first-order chi connectivity index (χ1) is 9.75. The Labute approximate surface area is 117 Å². The van der Waals surface area contributed by atoms with Crippen molar-refractivity contribution < 1.29 is 14.3 Å². The Morgan fingerprint density at radius 2 is 1.55 bits per heavy atom. The van der Waals surface area contributed by atoms with Crippen molar-refractivity contribution in [3.05, 3.63) is 71.8 Å². The highest BCUT2D eigenvalue weighted by Crippen LogP contribution is 2.37. The Kier molecular flexibility index (Phi) is 3.11. The van der Waals surface area contributed by atoms with Gasteiger partial charge >= 0.3 is 5.97 Å². The zero-order valence-corrected chi connectivity index (χ0v) is 10.9. The lowest BCUT2D eigenvalue weighted by Gasteiger charge is -2.23. The Morgan fingerprint density at radius 1 is 0.950 bits per heavy atom. The molecule has 2 aromatic carbocycles. The van der Waals surface area contributed by atoms with Crippen LogP contribution in [0.15, 0.2) is 60.7 Å². The molecule has 3 rings (SSSR count). The molecule has 0 amide bonds. The zero-order valence-electron chi connectivity index (χ0n) is 10.9. The zero-order chi connectivity index (χ0) is 14.0. The van der Waals surface area contributed by atoms with Crippen LogP contribution in [0, 0.1) is 0 Å². The smallest absolute Gasteiger partial charge is 0.324 e. The molecule has 0 bridgehead atoms. The molecule has 0 spiro atoms. The summed E-state index contributed by atoms with van der Waals surface area (Å²) in [7, 11) is 0. The van der Waals surface area contributed by atoms with E-state index in [2.05, 4.69) is 0 Å². The maximum atomic E-state index is 12.9. The van der Waals surface area contributed by atoms with Crippen LogP contribution in [-0.4, -0.2) is 18.4 Å². The second kappa shape index (κ2) is 4.93. The minimum absolute atomic E-state index is 0.188. The number of ether oxygens (including phenoxy) is 1. The molecule has 0 aliphatic carbocycles. The van der Waals surface area contributed by atoms with Crippen LogP contribution >= 0.6 is 0 Å². The summed E-state index contributed by atoms with van der Waals surface area (Å²) in [6.07, 6.45) is 0.392. The highest BCUT2D eigenvalue weighted by Gasteiger charge is 2.52. The summed E-state index contributed by atoms with van der Waals surface area (Å²) in [6, 6.07) is 18.1. The van der Waals surface area contributed by atoms with Gasteiger partial charge in [0.05, 0.1) is 6.61 Å². The van der Waals surface area contributed by atoms with Crippen molar-refractivity contribution in [2.75, 3.05) is 6.61 Å². The number of benzene rings is 2. The third-order valence-corrected chi connectivity index (χ3v) is 3.75. The van der Waals surface area contributed by atoms with Crippen molar-refractivity contribution in [2.45, 2.75) is 11.8 Å². The molecular formula is C17H14O3. The van der Waals surface area contributed by atoms with Crippen molar-refractivity contribution in [3.8, 4) is 0 Å². The van der Waals surface area contributed by atoms with E-state index in [0.717, 1.165) is 0 Å². The number of ketones is 1. The SMILES string of the molecule is O=C1OCC[C@]1(C(=O)c1ccccc1)c1ccccc1. The van der Waals surface area contributed by atoms with Gasteiger partial charge in [0.25, 0.3) is 0 Å². The van der Waals surface area contributed by atoms with Gasteiger partial charge in [-0.1, -0.05) is 60.7 Å². The van der Waals surface area contributed by atoms with Gasteiger partial charge in [-0.3, -0.25) is 9.59 Å². The van der Waals surface area contributed by atoms with E-state index in [-0.39, 0.29) is 12.4 Å². The molecule has 0 aromatic heterocycles. The van der Waals surface area contributed by atoms with Crippen LogP contribution in [0.1, 0.15) is 22.3 Å². The van der Waals surface area contributed by atoms with Crippen LogP contribution in [0.4, 0.5) is 0 Å². The van der Waals surface area contributed by atoms with Crippen LogP contribution in [0.25, 0.3) is 0 Å². The predicted molar refractivity (Wildman–Crippen MR) is 74.5 cm³/mol. The quantitative estimate of drug-likeness (QED) is 0.487. The second-order valence-corrected chi connectivity index (χ2v) is 4.85. The third kappa shape index (κ3) is 1.83. The molecule has 3 heteroatoms.